The molecule has 0 atom stereocenters. The Bertz CT molecular complexity index is 529. The van der Waals surface area contributed by atoms with Gasteiger partial charge in [-0.25, -0.2) is 0 Å². The summed E-state index contributed by atoms with van der Waals surface area (Å²) >= 11 is 0. The number of hydrogen-bond donors (Lipinski definition) is 0. The van der Waals surface area contributed by atoms with Crippen LogP contribution in [0.25, 0.3) is 0 Å². The summed E-state index contributed by atoms with van der Waals surface area (Å²) in [6, 6.07) is 14.5. The summed E-state index contributed by atoms with van der Waals surface area (Å²) in [5, 5.41) is 0. The molecule has 0 radical (unpaired) electrons. The van der Waals surface area contributed by atoms with Gasteiger partial charge in [0.2, 0.25) is 0 Å². The minimum absolute atomic E-state index is 0.556. The van der Waals surface area contributed by atoms with E-state index in [4.69, 9.17) is 4.74 Å². The molecule has 2 aromatic carbocycles. The molecule has 0 aliphatic heterocycles. The number of hydrogen-bond acceptors (Lipinski definition) is 1. The molecule has 2 rings (SSSR count). The molecule has 1 nitrogen and oxygen atoms in total. The molecule has 18 heavy (non-hydrogen) atoms. The van der Waals surface area contributed by atoms with Crippen LogP contribution in [0.15, 0.2) is 42.5 Å². The van der Waals surface area contributed by atoms with E-state index < -0.39 is 0 Å². The Hall–Kier alpha value is -1.70. The van der Waals surface area contributed by atoms with Crippen molar-refractivity contribution in [2.45, 2.75) is 27.5 Å². The number of ether oxygens (including phenoxy) is 1. The van der Waals surface area contributed by atoms with E-state index in [2.05, 4.69) is 51.8 Å². The van der Waals surface area contributed by atoms with Gasteiger partial charge in [-0.2, -0.15) is 0 Å². The summed E-state index contributed by atoms with van der Waals surface area (Å²) in [7, 11) is 0. The van der Waals surface area contributed by atoms with Crippen molar-refractivity contribution >= 4 is 12.2 Å². The first kappa shape index (κ1) is 12.8. The van der Waals surface area contributed by atoms with Gasteiger partial charge in [0.25, 0.3) is 0 Å². The lowest BCUT2D eigenvalue weighted by Crippen LogP contribution is -2.21. The van der Waals surface area contributed by atoms with Gasteiger partial charge in [-0.1, -0.05) is 37.3 Å². The average molecular weight is 238 g/mol. The fourth-order valence-corrected chi connectivity index (χ4v) is 1.83. The lowest BCUT2D eigenvalue weighted by Gasteiger charge is -2.09. The Morgan fingerprint density at radius 2 is 1.39 bits per heavy atom. The Labute approximate surface area is 110 Å². The molecule has 2 heteroatoms. The summed E-state index contributed by atoms with van der Waals surface area (Å²) in [4.78, 5) is 0. The quantitative estimate of drug-likeness (QED) is 0.732. The lowest BCUT2D eigenvalue weighted by molar-refractivity contribution is 0.482. The third-order valence-corrected chi connectivity index (χ3v) is 3.26. The van der Waals surface area contributed by atoms with Crippen LogP contribution in [-0.4, -0.2) is 6.71 Å². The summed E-state index contributed by atoms with van der Waals surface area (Å²) < 4.78 is 5.85. The van der Waals surface area contributed by atoms with Crippen LogP contribution in [0, 0.1) is 13.8 Å². The Balaban J connectivity index is 2.15. The van der Waals surface area contributed by atoms with Gasteiger partial charge < -0.3 is 4.74 Å². The smallest absolute Gasteiger partial charge is 0.169 e. The van der Waals surface area contributed by atoms with Gasteiger partial charge in [0, 0.05) is 0 Å². The summed E-state index contributed by atoms with van der Waals surface area (Å²) in [5.74, 6) is 1.79. The second-order valence-electron chi connectivity index (χ2n) is 5.07. The molecule has 0 amide bonds. The van der Waals surface area contributed by atoms with Gasteiger partial charge in [-0.3, -0.25) is 0 Å². The molecule has 0 aromatic heterocycles. The van der Waals surface area contributed by atoms with Crippen LogP contribution < -0.4 is 10.2 Å². The van der Waals surface area contributed by atoms with E-state index >= 15 is 0 Å². The largest absolute Gasteiger partial charge is 0.457 e. The molecular weight excluding hydrogens is 219 g/mol. The van der Waals surface area contributed by atoms with Crippen molar-refractivity contribution in [3.05, 3.63) is 53.6 Å². The second-order valence-corrected chi connectivity index (χ2v) is 5.07. The predicted molar refractivity (Wildman–Crippen MR) is 79.5 cm³/mol. The molecule has 2 aromatic rings. The second kappa shape index (κ2) is 5.30. The predicted octanol–water partition coefficient (Wildman–Crippen LogP) is 4.06. The van der Waals surface area contributed by atoms with Crippen molar-refractivity contribution in [2.75, 3.05) is 0 Å². The Morgan fingerprint density at radius 1 is 0.778 bits per heavy atom. The van der Waals surface area contributed by atoms with E-state index in [0.29, 0.717) is 6.71 Å². The van der Waals surface area contributed by atoms with E-state index in [1.165, 1.54) is 16.6 Å². The van der Waals surface area contributed by atoms with Crippen molar-refractivity contribution in [3.63, 3.8) is 0 Å². The maximum atomic E-state index is 5.85. The Morgan fingerprint density at radius 3 is 1.94 bits per heavy atom. The van der Waals surface area contributed by atoms with Gasteiger partial charge in [0.05, 0.1) is 0 Å². The monoisotopic (exact) mass is 238 g/mol. The third kappa shape index (κ3) is 2.95. The van der Waals surface area contributed by atoms with Gasteiger partial charge in [-0.15, -0.1) is 0 Å². The molecule has 92 valence electrons. The maximum Gasteiger partial charge on any atom is 0.169 e. The van der Waals surface area contributed by atoms with E-state index in [1.807, 2.05) is 18.2 Å². The van der Waals surface area contributed by atoms with Crippen LogP contribution in [-0.2, 0) is 0 Å². The maximum absolute atomic E-state index is 5.85. The van der Waals surface area contributed by atoms with Crippen LogP contribution >= 0.6 is 0 Å². The fourth-order valence-electron chi connectivity index (χ4n) is 1.83. The summed E-state index contributed by atoms with van der Waals surface area (Å²) in [6.45, 7) is 9.15. The topological polar surface area (TPSA) is 9.23 Å². The van der Waals surface area contributed by atoms with Crippen LogP contribution in [0.1, 0.15) is 11.1 Å². The van der Waals surface area contributed by atoms with Gasteiger partial charge in [0.15, 0.2) is 6.71 Å². The molecule has 0 N–H and O–H groups in total. The minimum atomic E-state index is 0.556. The molecule has 0 unspecified atom stereocenters. The highest BCUT2D eigenvalue weighted by Crippen LogP contribution is 2.22. The molecule has 0 spiro atoms. The highest BCUT2D eigenvalue weighted by molar-refractivity contribution is 6.70. The lowest BCUT2D eigenvalue weighted by atomic mass is 9.49. The van der Waals surface area contributed by atoms with E-state index in [0.717, 1.165) is 11.5 Å². The summed E-state index contributed by atoms with van der Waals surface area (Å²) in [6.07, 6.45) is 0. The van der Waals surface area contributed by atoms with E-state index in [1.54, 1.807) is 0 Å². The van der Waals surface area contributed by atoms with Gasteiger partial charge >= 0.3 is 0 Å². The van der Waals surface area contributed by atoms with Crippen LogP contribution in [0.4, 0.5) is 0 Å². The first-order valence-corrected chi connectivity index (χ1v) is 6.41. The van der Waals surface area contributed by atoms with Crippen molar-refractivity contribution < 1.29 is 4.74 Å². The van der Waals surface area contributed by atoms with Gasteiger partial charge in [-0.05, 0) is 49.2 Å². The first-order chi connectivity index (χ1) is 8.56. The highest BCUT2D eigenvalue weighted by Gasteiger charge is 2.03. The molecule has 0 bridgehead atoms. The van der Waals surface area contributed by atoms with Crippen molar-refractivity contribution in [2.24, 2.45) is 0 Å². The molecule has 0 saturated heterocycles. The van der Waals surface area contributed by atoms with Crippen LogP contribution in [0.3, 0.4) is 0 Å². The fraction of sp³-hybridized carbons (Fsp3) is 0.250. The van der Waals surface area contributed by atoms with E-state index in [-0.39, 0.29) is 0 Å². The Kier molecular flexibility index (Phi) is 3.76. The molecule has 0 aliphatic rings. The van der Waals surface area contributed by atoms with Crippen molar-refractivity contribution in [1.82, 2.24) is 0 Å². The number of benzene rings is 2. The average Bonchev–Trinajstić information content (AvgIpc) is 2.34. The summed E-state index contributed by atoms with van der Waals surface area (Å²) in [5.41, 5.74) is 3.88. The van der Waals surface area contributed by atoms with Gasteiger partial charge in [0.1, 0.15) is 11.5 Å². The van der Waals surface area contributed by atoms with Crippen molar-refractivity contribution in [1.29, 1.82) is 0 Å². The van der Waals surface area contributed by atoms with Crippen LogP contribution in [0.2, 0.25) is 13.6 Å². The number of aryl methyl sites for hydroxylation is 2. The number of rotatable bonds is 3. The molecule has 0 fully saturated rings. The zero-order valence-corrected chi connectivity index (χ0v) is 11.5. The molecular formula is C16H19BO. The third-order valence-electron chi connectivity index (χ3n) is 3.26. The zero-order valence-electron chi connectivity index (χ0n) is 11.5. The normalized spacial score (nSPS) is 10.2. The zero-order chi connectivity index (χ0) is 13.1. The minimum Gasteiger partial charge on any atom is -0.457 e. The molecule has 0 aliphatic carbocycles. The molecule has 0 saturated carbocycles. The SMILES string of the molecule is CB(C)c1ccc(Oc2ccc(C)c(C)c2)cc1. The standard InChI is InChI=1S/C16H19BO/c1-12-5-8-16(11-13(12)2)18-15-9-6-14(7-10-15)17(3)4/h5-11H,1-4H3. The van der Waals surface area contributed by atoms with Crippen LogP contribution in [0.5, 0.6) is 11.5 Å². The van der Waals surface area contributed by atoms with E-state index in [9.17, 15) is 0 Å². The molecule has 0 heterocycles. The first-order valence-electron chi connectivity index (χ1n) is 6.41. The highest BCUT2D eigenvalue weighted by atomic mass is 16.5. The van der Waals surface area contributed by atoms with Crippen molar-refractivity contribution in [3.8, 4) is 11.5 Å².